The van der Waals surface area contributed by atoms with E-state index in [1.165, 1.54) is 11.8 Å². The van der Waals surface area contributed by atoms with Gasteiger partial charge in [0.2, 0.25) is 5.91 Å². The van der Waals surface area contributed by atoms with E-state index in [0.29, 0.717) is 24.2 Å². The van der Waals surface area contributed by atoms with Gasteiger partial charge in [0, 0.05) is 24.3 Å². The third-order valence-electron chi connectivity index (χ3n) is 6.11. The average Bonchev–Trinajstić information content (AvgIpc) is 3.36. The molecule has 1 unspecified atom stereocenters. The van der Waals surface area contributed by atoms with Crippen molar-refractivity contribution in [3.63, 3.8) is 0 Å². The Kier molecular flexibility index (Phi) is 4.77. The van der Waals surface area contributed by atoms with Crippen molar-refractivity contribution in [3.8, 4) is 0 Å². The summed E-state index contributed by atoms with van der Waals surface area (Å²) in [6.07, 6.45) is 3.96. The van der Waals surface area contributed by atoms with Gasteiger partial charge in [-0.1, -0.05) is 12.1 Å². The van der Waals surface area contributed by atoms with E-state index < -0.39 is 17.7 Å². The number of Topliss-reactive ketones (excluding diaryl/α,β-unsaturated/α-hetero) is 1. The number of H-pyrrole nitrogens is 1. The lowest BCUT2D eigenvalue weighted by molar-refractivity contribution is -0.119. The van der Waals surface area contributed by atoms with Crippen molar-refractivity contribution in [3.05, 3.63) is 65.7 Å². The standard InChI is InChI=1S/C24H22N4O4/c1-14(29)21-22(15-5-7-16(8-6-15)27-11-3-2-4-20(27)30)28(24(32)23(21)31)17-9-10-18-19(12-17)26-13-25-18/h5-10,12-13,22,31H,2-4,11H2,1H3,(H,25,26). The molecule has 2 aliphatic heterocycles. The number of amides is 2. The maximum atomic E-state index is 13.0. The first-order valence-corrected chi connectivity index (χ1v) is 10.6. The van der Waals surface area contributed by atoms with Crippen molar-refractivity contribution in [2.75, 3.05) is 16.3 Å². The van der Waals surface area contributed by atoms with Crippen LogP contribution < -0.4 is 9.80 Å². The van der Waals surface area contributed by atoms with Gasteiger partial charge in [-0.15, -0.1) is 0 Å². The van der Waals surface area contributed by atoms with Crippen LogP contribution in [-0.2, 0) is 14.4 Å². The largest absolute Gasteiger partial charge is 0.503 e. The first kappa shape index (κ1) is 20.0. The molecule has 3 aromatic rings. The van der Waals surface area contributed by atoms with E-state index in [2.05, 4.69) is 9.97 Å². The molecule has 1 saturated heterocycles. The zero-order valence-corrected chi connectivity index (χ0v) is 17.5. The minimum atomic E-state index is -0.772. The van der Waals surface area contributed by atoms with Crippen molar-refractivity contribution in [2.45, 2.75) is 32.2 Å². The van der Waals surface area contributed by atoms with Crippen molar-refractivity contribution in [2.24, 2.45) is 0 Å². The molecule has 3 heterocycles. The molecule has 2 aliphatic rings. The number of nitrogens with zero attached hydrogens (tertiary/aromatic N) is 3. The van der Waals surface area contributed by atoms with E-state index in [1.807, 2.05) is 12.1 Å². The number of rotatable bonds is 4. The zero-order valence-electron chi connectivity index (χ0n) is 17.5. The quantitative estimate of drug-likeness (QED) is 0.658. The van der Waals surface area contributed by atoms with Crippen molar-refractivity contribution in [1.29, 1.82) is 0 Å². The Morgan fingerprint density at radius 1 is 1.09 bits per heavy atom. The number of aliphatic hydroxyl groups is 1. The van der Waals surface area contributed by atoms with E-state index >= 15 is 0 Å². The summed E-state index contributed by atoms with van der Waals surface area (Å²) in [5.41, 5.74) is 3.54. The molecule has 8 nitrogen and oxygen atoms in total. The van der Waals surface area contributed by atoms with Gasteiger partial charge in [0.25, 0.3) is 5.91 Å². The lowest BCUT2D eigenvalue weighted by Gasteiger charge is -2.29. The Morgan fingerprint density at radius 2 is 1.84 bits per heavy atom. The van der Waals surface area contributed by atoms with Crippen LogP contribution in [0.5, 0.6) is 0 Å². The molecule has 5 rings (SSSR count). The van der Waals surface area contributed by atoms with Crippen LogP contribution in [0.1, 0.15) is 37.8 Å². The number of ketones is 1. The minimum absolute atomic E-state index is 0.0570. The van der Waals surface area contributed by atoms with Gasteiger partial charge in [-0.25, -0.2) is 4.98 Å². The Balaban J connectivity index is 1.57. The summed E-state index contributed by atoms with van der Waals surface area (Å²) in [4.78, 5) is 48.1. The van der Waals surface area contributed by atoms with Crippen LogP contribution in [0.4, 0.5) is 11.4 Å². The summed E-state index contributed by atoms with van der Waals surface area (Å²) in [5, 5.41) is 10.6. The van der Waals surface area contributed by atoms with Gasteiger partial charge in [0.1, 0.15) is 0 Å². The summed E-state index contributed by atoms with van der Waals surface area (Å²) >= 11 is 0. The first-order valence-electron chi connectivity index (χ1n) is 10.6. The predicted octanol–water partition coefficient (Wildman–Crippen LogP) is 3.57. The van der Waals surface area contributed by atoms with E-state index in [0.717, 1.165) is 29.6 Å². The summed E-state index contributed by atoms with van der Waals surface area (Å²) < 4.78 is 0. The van der Waals surface area contributed by atoms with Gasteiger partial charge < -0.3 is 15.0 Å². The van der Waals surface area contributed by atoms with E-state index in [9.17, 15) is 19.5 Å². The van der Waals surface area contributed by atoms with Crippen LogP contribution >= 0.6 is 0 Å². The highest BCUT2D eigenvalue weighted by Gasteiger charge is 2.43. The fourth-order valence-corrected chi connectivity index (χ4v) is 4.54. The summed E-state index contributed by atoms with van der Waals surface area (Å²) in [5.74, 6) is -1.45. The number of aromatic nitrogens is 2. The molecular weight excluding hydrogens is 408 g/mol. The number of carbonyl (C=O) groups is 3. The molecule has 2 N–H and O–H groups in total. The number of anilines is 2. The zero-order chi connectivity index (χ0) is 22.4. The normalized spacial score (nSPS) is 19.3. The number of aromatic amines is 1. The fourth-order valence-electron chi connectivity index (χ4n) is 4.54. The number of hydrogen-bond acceptors (Lipinski definition) is 5. The molecule has 8 heteroatoms. The van der Waals surface area contributed by atoms with Gasteiger partial charge in [-0.2, -0.15) is 0 Å². The molecule has 162 valence electrons. The Labute approximate surface area is 184 Å². The third-order valence-corrected chi connectivity index (χ3v) is 6.11. The van der Waals surface area contributed by atoms with Gasteiger partial charge in [0.15, 0.2) is 11.5 Å². The van der Waals surface area contributed by atoms with Crippen LogP contribution in [0.15, 0.2) is 60.1 Å². The highest BCUT2D eigenvalue weighted by Crippen LogP contribution is 2.41. The maximum absolute atomic E-state index is 13.0. The van der Waals surface area contributed by atoms with Crippen LogP contribution in [0.2, 0.25) is 0 Å². The summed E-state index contributed by atoms with van der Waals surface area (Å²) in [6, 6.07) is 11.8. The molecule has 0 radical (unpaired) electrons. The monoisotopic (exact) mass is 430 g/mol. The number of piperidine rings is 1. The fraction of sp³-hybridized carbons (Fsp3) is 0.250. The molecule has 32 heavy (non-hydrogen) atoms. The third kappa shape index (κ3) is 3.15. The second kappa shape index (κ2) is 7.64. The first-order chi connectivity index (χ1) is 15.5. The molecule has 1 atom stereocenters. The van der Waals surface area contributed by atoms with Gasteiger partial charge in [0.05, 0.1) is 29.0 Å². The smallest absolute Gasteiger partial charge is 0.294 e. The lowest BCUT2D eigenvalue weighted by Crippen LogP contribution is -2.35. The average molecular weight is 430 g/mol. The van der Waals surface area contributed by atoms with Crippen LogP contribution in [0, 0.1) is 0 Å². The summed E-state index contributed by atoms with van der Waals surface area (Å²) in [6.45, 7) is 2.02. The number of carbonyl (C=O) groups excluding carboxylic acids is 3. The molecule has 0 aliphatic carbocycles. The van der Waals surface area contributed by atoms with Gasteiger partial charge in [-0.3, -0.25) is 19.3 Å². The number of imidazole rings is 1. The highest BCUT2D eigenvalue weighted by molar-refractivity contribution is 6.16. The second-order valence-corrected chi connectivity index (χ2v) is 8.09. The van der Waals surface area contributed by atoms with Crippen LogP contribution in [0.25, 0.3) is 11.0 Å². The van der Waals surface area contributed by atoms with E-state index in [4.69, 9.17) is 0 Å². The minimum Gasteiger partial charge on any atom is -0.503 e. The number of hydrogen-bond donors (Lipinski definition) is 2. The van der Waals surface area contributed by atoms with E-state index in [-0.39, 0.29) is 17.3 Å². The Bertz CT molecular complexity index is 1270. The van der Waals surface area contributed by atoms with Crippen molar-refractivity contribution >= 4 is 40.0 Å². The number of aliphatic hydroxyl groups excluding tert-OH is 1. The molecule has 0 spiro atoms. The predicted molar refractivity (Wildman–Crippen MR) is 119 cm³/mol. The number of nitrogens with one attached hydrogen (secondary N) is 1. The van der Waals surface area contributed by atoms with Crippen molar-refractivity contribution in [1.82, 2.24) is 9.97 Å². The molecule has 2 amide bonds. The second-order valence-electron chi connectivity index (χ2n) is 8.09. The molecule has 1 fully saturated rings. The number of benzene rings is 2. The topological polar surface area (TPSA) is 107 Å². The van der Waals surface area contributed by atoms with Gasteiger partial charge >= 0.3 is 0 Å². The lowest BCUT2D eigenvalue weighted by atomic mass is 9.96. The maximum Gasteiger partial charge on any atom is 0.294 e. The molecular formula is C24H22N4O4. The molecule has 0 bridgehead atoms. The molecule has 2 aromatic carbocycles. The van der Waals surface area contributed by atoms with Crippen LogP contribution in [-0.4, -0.2) is 39.2 Å². The SMILES string of the molecule is CC(=O)C1=C(O)C(=O)N(c2ccc3nc[nH]c3c2)C1c1ccc(N2CCCCC2=O)cc1. The van der Waals surface area contributed by atoms with E-state index in [1.54, 1.807) is 41.6 Å². The van der Waals surface area contributed by atoms with Gasteiger partial charge in [-0.05, 0) is 55.7 Å². The summed E-state index contributed by atoms with van der Waals surface area (Å²) in [7, 11) is 0. The molecule has 0 saturated carbocycles. The Morgan fingerprint density at radius 3 is 2.56 bits per heavy atom. The van der Waals surface area contributed by atoms with Crippen molar-refractivity contribution < 1.29 is 19.5 Å². The molecule has 1 aromatic heterocycles. The van der Waals surface area contributed by atoms with Crippen LogP contribution in [0.3, 0.4) is 0 Å². The number of fused-ring (bicyclic) bond motifs is 1. The Hall–Kier alpha value is -3.94. The highest BCUT2D eigenvalue weighted by atomic mass is 16.3.